The molecule has 1 heterocycles. The van der Waals surface area contributed by atoms with E-state index >= 15 is 0 Å². The number of hydrogen-bond donors (Lipinski definition) is 1. The summed E-state index contributed by atoms with van der Waals surface area (Å²) in [6, 6.07) is 0. The highest BCUT2D eigenvalue weighted by Gasteiger charge is 2.26. The Bertz CT molecular complexity index is 272. The molecule has 21 heavy (non-hydrogen) atoms. The van der Waals surface area contributed by atoms with Gasteiger partial charge in [-0.3, -0.25) is 9.69 Å². The van der Waals surface area contributed by atoms with Gasteiger partial charge in [0.15, 0.2) is 0 Å². The highest BCUT2D eigenvalue weighted by molar-refractivity contribution is 5.78. The molecule has 0 bridgehead atoms. The summed E-state index contributed by atoms with van der Waals surface area (Å²) >= 11 is 0. The van der Waals surface area contributed by atoms with E-state index in [4.69, 9.17) is 0 Å². The lowest BCUT2D eigenvalue weighted by atomic mass is 9.81. The lowest BCUT2D eigenvalue weighted by Gasteiger charge is -2.32. The summed E-state index contributed by atoms with van der Waals surface area (Å²) in [4.78, 5) is 16.7. The van der Waals surface area contributed by atoms with Crippen molar-refractivity contribution in [3.8, 4) is 0 Å². The minimum Gasteiger partial charge on any atom is -0.355 e. The van der Waals surface area contributed by atoms with Crippen LogP contribution in [0.25, 0.3) is 0 Å². The van der Waals surface area contributed by atoms with Crippen molar-refractivity contribution in [3.05, 3.63) is 0 Å². The van der Waals surface area contributed by atoms with E-state index in [0.717, 1.165) is 39.3 Å². The Hall–Kier alpha value is -0.610. The van der Waals surface area contributed by atoms with Crippen LogP contribution in [0.3, 0.4) is 0 Å². The van der Waals surface area contributed by atoms with Gasteiger partial charge in [-0.25, -0.2) is 0 Å². The van der Waals surface area contributed by atoms with Crippen LogP contribution in [0.2, 0.25) is 0 Å². The van der Waals surface area contributed by atoms with E-state index in [1.165, 1.54) is 0 Å². The number of likely N-dealkylation sites (N-methyl/N-ethyl adjacent to an activating group) is 1. The van der Waals surface area contributed by atoms with Gasteiger partial charge in [0.2, 0.25) is 5.91 Å². The summed E-state index contributed by atoms with van der Waals surface area (Å²) in [5.74, 6) is 0.238. The van der Waals surface area contributed by atoms with Gasteiger partial charge in [0.25, 0.3) is 0 Å². The third kappa shape index (κ3) is 9.10. The maximum Gasteiger partial charge on any atom is 0.223 e. The molecule has 130 valence electrons. The summed E-state index contributed by atoms with van der Waals surface area (Å²) in [5, 5.41) is 3.05. The molecule has 4 nitrogen and oxygen atoms in total. The molecule has 1 N–H and O–H groups in total. The Morgan fingerprint density at radius 2 is 1.67 bits per heavy atom. The number of amides is 1. The lowest BCUT2D eigenvalue weighted by molar-refractivity contribution is -0.127. The number of carbonyl (C=O) groups is 1. The summed E-state index contributed by atoms with van der Waals surface area (Å²) < 4.78 is 0. The second-order valence-electron chi connectivity index (χ2n) is 6.52. The molecule has 1 aliphatic heterocycles. The van der Waals surface area contributed by atoms with Crippen molar-refractivity contribution in [1.29, 1.82) is 0 Å². The lowest BCUT2D eigenvalue weighted by Crippen LogP contribution is -2.47. The van der Waals surface area contributed by atoms with Crippen LogP contribution in [0.4, 0.5) is 0 Å². The van der Waals surface area contributed by atoms with E-state index in [1.54, 1.807) is 0 Å². The first-order chi connectivity index (χ1) is 9.30. The van der Waals surface area contributed by atoms with Gasteiger partial charge in [-0.05, 0) is 12.5 Å². The number of carbonyl (C=O) groups excluding carboxylic acids is 1. The number of nitrogens with zero attached hydrogens (tertiary/aromatic N) is 2. The smallest absolute Gasteiger partial charge is 0.223 e. The fraction of sp³-hybridized carbons (Fsp3) is 0.941. The Morgan fingerprint density at radius 1 is 1.19 bits per heavy atom. The SMILES string of the molecule is C.CC.CC(C(=O)NCCN1CCN(C)CC1)C(C)(C)C.[HH]. The van der Waals surface area contributed by atoms with Gasteiger partial charge in [-0.15, -0.1) is 0 Å². The highest BCUT2D eigenvalue weighted by atomic mass is 16.1. The van der Waals surface area contributed by atoms with E-state index < -0.39 is 0 Å². The minimum absolute atomic E-state index is 0. The molecular formula is C17H41N3O. The molecule has 0 radical (unpaired) electrons. The van der Waals surface area contributed by atoms with Crippen LogP contribution >= 0.6 is 0 Å². The molecule has 1 saturated heterocycles. The van der Waals surface area contributed by atoms with Crippen LogP contribution in [0.15, 0.2) is 0 Å². The fourth-order valence-corrected chi connectivity index (χ4v) is 1.96. The van der Waals surface area contributed by atoms with Gasteiger partial charge in [0.05, 0.1) is 0 Å². The monoisotopic (exact) mass is 303 g/mol. The molecule has 1 rings (SSSR count). The topological polar surface area (TPSA) is 35.6 Å². The first kappa shape index (κ1) is 22.7. The Balaban J connectivity index is -0.000000864. The Morgan fingerprint density at radius 3 is 2.10 bits per heavy atom. The van der Waals surface area contributed by atoms with Crippen molar-refractivity contribution >= 4 is 5.91 Å². The molecule has 0 saturated carbocycles. The zero-order valence-electron chi connectivity index (χ0n) is 14.6. The number of rotatable bonds is 4. The predicted octanol–water partition coefficient (Wildman–Crippen LogP) is 2.94. The quantitative estimate of drug-likeness (QED) is 0.867. The minimum atomic E-state index is 0. The number of nitrogens with one attached hydrogen (secondary N) is 1. The second kappa shape index (κ2) is 11.0. The summed E-state index contributed by atoms with van der Waals surface area (Å²) in [6.45, 7) is 18.6. The molecule has 1 aliphatic rings. The maximum absolute atomic E-state index is 11.9. The molecule has 0 spiro atoms. The van der Waals surface area contributed by atoms with E-state index in [1.807, 2.05) is 20.8 Å². The van der Waals surface area contributed by atoms with Gasteiger partial charge >= 0.3 is 0 Å². The van der Waals surface area contributed by atoms with Crippen LogP contribution < -0.4 is 5.32 Å². The average Bonchev–Trinajstić information content (AvgIpc) is 2.41. The molecule has 0 aromatic carbocycles. The van der Waals surface area contributed by atoms with Crippen molar-refractivity contribution in [2.75, 3.05) is 46.3 Å². The molecule has 0 aromatic rings. The number of hydrogen-bond acceptors (Lipinski definition) is 3. The number of piperazine rings is 1. The molecule has 1 amide bonds. The van der Waals surface area contributed by atoms with Crippen molar-refractivity contribution in [2.45, 2.75) is 49.0 Å². The van der Waals surface area contributed by atoms with Crippen LogP contribution in [0.5, 0.6) is 0 Å². The van der Waals surface area contributed by atoms with Crippen molar-refractivity contribution in [1.82, 2.24) is 15.1 Å². The van der Waals surface area contributed by atoms with Gasteiger partial charge in [0, 0.05) is 46.6 Å². The Labute approximate surface area is 134 Å². The van der Waals surface area contributed by atoms with Crippen molar-refractivity contribution in [3.63, 3.8) is 0 Å². The summed E-state index contributed by atoms with van der Waals surface area (Å²) in [7, 11) is 2.16. The molecule has 0 aromatic heterocycles. The Kier molecular flexibility index (Phi) is 11.9. The van der Waals surface area contributed by atoms with Crippen molar-refractivity contribution in [2.24, 2.45) is 11.3 Å². The molecular weight excluding hydrogens is 262 g/mol. The zero-order chi connectivity index (χ0) is 15.8. The first-order valence-electron chi connectivity index (χ1n) is 7.99. The molecule has 4 heteroatoms. The molecule has 1 fully saturated rings. The maximum atomic E-state index is 11.9. The molecule has 1 atom stereocenters. The van der Waals surface area contributed by atoms with Crippen LogP contribution in [0, 0.1) is 11.3 Å². The van der Waals surface area contributed by atoms with Gasteiger partial charge in [-0.2, -0.15) is 0 Å². The largest absolute Gasteiger partial charge is 0.355 e. The highest BCUT2D eigenvalue weighted by Crippen LogP contribution is 2.25. The van der Waals surface area contributed by atoms with Gasteiger partial charge < -0.3 is 10.2 Å². The van der Waals surface area contributed by atoms with Crippen LogP contribution in [0.1, 0.15) is 50.4 Å². The third-order valence-corrected chi connectivity index (χ3v) is 4.02. The van der Waals surface area contributed by atoms with Gasteiger partial charge in [0.1, 0.15) is 0 Å². The van der Waals surface area contributed by atoms with Crippen LogP contribution in [-0.4, -0.2) is 62.0 Å². The summed E-state index contributed by atoms with van der Waals surface area (Å²) in [5.41, 5.74) is 0.0396. The average molecular weight is 304 g/mol. The summed E-state index contributed by atoms with van der Waals surface area (Å²) in [6.07, 6.45) is 0. The van der Waals surface area contributed by atoms with E-state index in [0.29, 0.717) is 0 Å². The molecule has 0 aliphatic carbocycles. The zero-order valence-corrected chi connectivity index (χ0v) is 14.6. The van der Waals surface area contributed by atoms with E-state index in [9.17, 15) is 4.79 Å². The first-order valence-corrected chi connectivity index (χ1v) is 7.99. The molecule has 1 unspecified atom stereocenters. The van der Waals surface area contributed by atoms with Gasteiger partial charge in [-0.1, -0.05) is 49.0 Å². The van der Waals surface area contributed by atoms with Crippen molar-refractivity contribution < 1.29 is 6.22 Å². The third-order valence-electron chi connectivity index (χ3n) is 4.02. The fourth-order valence-electron chi connectivity index (χ4n) is 1.96. The van der Waals surface area contributed by atoms with E-state index in [2.05, 4.69) is 42.9 Å². The standard InChI is InChI=1S/C14H29N3O.C2H6.CH4.H2/c1-12(14(2,3)4)13(18)15-6-7-17-10-8-16(5)9-11-17;1-2;;/h12H,6-11H2,1-5H3,(H,15,18);1-2H3;1H4;1H. The van der Waals surface area contributed by atoms with Crippen LogP contribution in [-0.2, 0) is 4.79 Å². The second-order valence-corrected chi connectivity index (χ2v) is 6.52. The van der Waals surface area contributed by atoms with E-state index in [-0.39, 0.29) is 26.1 Å². The normalized spacial score (nSPS) is 18.0. The predicted molar refractivity (Wildman–Crippen MR) is 95.8 cm³/mol.